The molecule has 1 aromatic carbocycles. The second-order valence-electron chi connectivity index (χ2n) is 5.78. The Labute approximate surface area is 134 Å². The fraction of sp³-hybridized carbons (Fsp3) is 0.562. The van der Waals surface area contributed by atoms with Gasteiger partial charge in [0.25, 0.3) is 5.69 Å². The zero-order valence-electron chi connectivity index (χ0n) is 12.9. The predicted octanol–water partition coefficient (Wildman–Crippen LogP) is 2.74. The zero-order valence-corrected chi connectivity index (χ0v) is 12.9. The summed E-state index contributed by atoms with van der Waals surface area (Å²) in [6.07, 6.45) is 5.90. The largest absolute Gasteiger partial charge is 0.494 e. The molecule has 1 aliphatic carbocycles. The minimum atomic E-state index is -0.872. The van der Waals surface area contributed by atoms with Crippen molar-refractivity contribution in [1.29, 1.82) is 0 Å². The molecule has 0 aliphatic heterocycles. The number of carboxylic acids is 1. The Bertz CT molecular complexity index is 526. The van der Waals surface area contributed by atoms with Gasteiger partial charge in [-0.3, -0.25) is 14.9 Å². The van der Waals surface area contributed by atoms with E-state index in [2.05, 4.69) is 5.32 Å². The van der Waals surface area contributed by atoms with Crippen LogP contribution in [0.4, 0.5) is 5.69 Å². The van der Waals surface area contributed by atoms with Gasteiger partial charge in [0.15, 0.2) is 0 Å². The van der Waals surface area contributed by atoms with Crippen LogP contribution in [-0.4, -0.2) is 34.7 Å². The van der Waals surface area contributed by atoms with Crippen LogP contribution >= 0.6 is 0 Å². The van der Waals surface area contributed by atoms with E-state index in [9.17, 15) is 20.0 Å². The van der Waals surface area contributed by atoms with Crippen LogP contribution in [-0.2, 0) is 4.79 Å². The number of nitro groups is 1. The Balaban J connectivity index is 1.79. The van der Waals surface area contributed by atoms with Crippen LogP contribution in [0.15, 0.2) is 24.3 Å². The SMILES string of the molecule is O=C(O)[C@H](CCOc1ccc([N+](=O)[O-])cc1)NC1CCCCC1. The van der Waals surface area contributed by atoms with Crippen LogP contribution in [0.3, 0.4) is 0 Å². The first-order valence-electron chi connectivity index (χ1n) is 7.92. The van der Waals surface area contributed by atoms with E-state index in [1.807, 2.05) is 0 Å². The van der Waals surface area contributed by atoms with E-state index in [0.717, 1.165) is 25.7 Å². The molecule has 0 heterocycles. The van der Waals surface area contributed by atoms with Crippen molar-refractivity contribution in [2.75, 3.05) is 6.61 Å². The molecule has 1 aliphatic rings. The van der Waals surface area contributed by atoms with Crippen molar-refractivity contribution in [2.45, 2.75) is 50.6 Å². The molecule has 0 saturated heterocycles. The number of nitrogens with zero attached hydrogens (tertiary/aromatic N) is 1. The molecule has 1 atom stereocenters. The Morgan fingerprint density at radius 1 is 1.30 bits per heavy atom. The Morgan fingerprint density at radius 3 is 2.52 bits per heavy atom. The summed E-state index contributed by atoms with van der Waals surface area (Å²) in [6.45, 7) is 0.245. The number of carboxylic acid groups (broad SMARTS) is 1. The van der Waals surface area contributed by atoms with Crippen molar-refractivity contribution in [3.8, 4) is 5.75 Å². The van der Waals surface area contributed by atoms with Gasteiger partial charge in [0.1, 0.15) is 11.8 Å². The number of nitro benzene ring substituents is 1. The monoisotopic (exact) mass is 322 g/mol. The van der Waals surface area contributed by atoms with Crippen molar-refractivity contribution < 1.29 is 19.6 Å². The van der Waals surface area contributed by atoms with Gasteiger partial charge in [0.2, 0.25) is 0 Å². The third-order valence-corrected chi connectivity index (χ3v) is 4.06. The third kappa shape index (κ3) is 5.52. The first-order valence-corrected chi connectivity index (χ1v) is 7.92. The lowest BCUT2D eigenvalue weighted by atomic mass is 9.94. The molecule has 0 aromatic heterocycles. The minimum absolute atomic E-state index is 0.000252. The number of ether oxygens (including phenoxy) is 1. The van der Waals surface area contributed by atoms with Gasteiger partial charge in [-0.15, -0.1) is 0 Å². The van der Waals surface area contributed by atoms with Crippen molar-refractivity contribution >= 4 is 11.7 Å². The molecule has 0 unspecified atom stereocenters. The van der Waals surface area contributed by atoms with Crippen LogP contribution in [0.1, 0.15) is 38.5 Å². The topological polar surface area (TPSA) is 102 Å². The van der Waals surface area contributed by atoms with Crippen molar-refractivity contribution in [3.63, 3.8) is 0 Å². The van der Waals surface area contributed by atoms with Gasteiger partial charge in [-0.25, -0.2) is 0 Å². The Hall–Kier alpha value is -2.15. The fourth-order valence-corrected chi connectivity index (χ4v) is 2.79. The highest BCUT2D eigenvalue weighted by Crippen LogP contribution is 2.19. The number of carbonyl (C=O) groups is 1. The van der Waals surface area contributed by atoms with Crippen molar-refractivity contribution in [1.82, 2.24) is 5.32 Å². The average Bonchev–Trinajstić information content (AvgIpc) is 2.55. The molecule has 0 radical (unpaired) electrons. The molecular formula is C16H22N2O5. The zero-order chi connectivity index (χ0) is 16.7. The summed E-state index contributed by atoms with van der Waals surface area (Å²) >= 11 is 0. The lowest BCUT2D eigenvalue weighted by Gasteiger charge is -2.26. The normalized spacial score (nSPS) is 16.7. The van der Waals surface area contributed by atoms with Gasteiger partial charge in [0, 0.05) is 24.6 Å². The molecule has 0 spiro atoms. The summed E-state index contributed by atoms with van der Waals surface area (Å²) in [4.78, 5) is 21.4. The number of hydrogen-bond donors (Lipinski definition) is 2. The first kappa shape index (κ1) is 17.2. The van der Waals surface area contributed by atoms with E-state index >= 15 is 0 Å². The number of non-ortho nitro benzene ring substituents is 1. The van der Waals surface area contributed by atoms with E-state index in [4.69, 9.17) is 4.74 Å². The molecule has 7 nitrogen and oxygen atoms in total. The second-order valence-corrected chi connectivity index (χ2v) is 5.78. The maximum absolute atomic E-state index is 11.3. The van der Waals surface area contributed by atoms with Crippen LogP contribution in [0, 0.1) is 10.1 Å². The molecule has 23 heavy (non-hydrogen) atoms. The fourth-order valence-electron chi connectivity index (χ4n) is 2.79. The molecule has 1 saturated carbocycles. The number of aliphatic carboxylic acids is 1. The van der Waals surface area contributed by atoms with Gasteiger partial charge in [-0.2, -0.15) is 0 Å². The van der Waals surface area contributed by atoms with Crippen LogP contribution in [0.2, 0.25) is 0 Å². The summed E-state index contributed by atoms with van der Waals surface area (Å²) in [5, 5.41) is 23.1. The van der Waals surface area contributed by atoms with Gasteiger partial charge in [-0.05, 0) is 25.0 Å². The van der Waals surface area contributed by atoms with Gasteiger partial charge in [-0.1, -0.05) is 19.3 Å². The summed E-state index contributed by atoms with van der Waals surface area (Å²) in [7, 11) is 0. The van der Waals surface area contributed by atoms with Crippen LogP contribution in [0.25, 0.3) is 0 Å². The summed E-state index contributed by atoms with van der Waals surface area (Å²) in [6, 6.07) is 5.40. The van der Waals surface area contributed by atoms with E-state index < -0.39 is 16.9 Å². The van der Waals surface area contributed by atoms with E-state index in [0.29, 0.717) is 12.2 Å². The van der Waals surface area contributed by atoms with E-state index in [1.54, 1.807) is 0 Å². The minimum Gasteiger partial charge on any atom is -0.494 e. The number of hydrogen-bond acceptors (Lipinski definition) is 5. The number of rotatable bonds is 8. The number of benzene rings is 1. The van der Waals surface area contributed by atoms with Gasteiger partial charge >= 0.3 is 5.97 Å². The molecule has 7 heteroatoms. The summed E-state index contributed by atoms with van der Waals surface area (Å²) < 4.78 is 5.48. The standard InChI is InChI=1S/C16H22N2O5/c19-16(20)15(17-12-4-2-1-3-5-12)10-11-23-14-8-6-13(7-9-14)18(21)22/h6-9,12,15,17H,1-5,10-11H2,(H,19,20)/t15-/m0/s1. The van der Waals surface area contributed by atoms with Crippen LogP contribution < -0.4 is 10.1 Å². The molecule has 2 rings (SSSR count). The lowest BCUT2D eigenvalue weighted by Crippen LogP contribution is -2.44. The lowest BCUT2D eigenvalue weighted by molar-refractivity contribution is -0.384. The van der Waals surface area contributed by atoms with Crippen molar-refractivity contribution in [3.05, 3.63) is 34.4 Å². The first-order chi connectivity index (χ1) is 11.1. The summed E-state index contributed by atoms with van der Waals surface area (Å²) in [5.41, 5.74) is -0.000252. The molecule has 1 fully saturated rings. The molecule has 1 aromatic rings. The molecular weight excluding hydrogens is 300 g/mol. The Morgan fingerprint density at radius 2 is 1.96 bits per heavy atom. The highest BCUT2D eigenvalue weighted by atomic mass is 16.6. The van der Waals surface area contributed by atoms with Crippen LogP contribution in [0.5, 0.6) is 5.75 Å². The molecule has 126 valence electrons. The highest BCUT2D eigenvalue weighted by molar-refractivity contribution is 5.73. The maximum Gasteiger partial charge on any atom is 0.320 e. The average molecular weight is 322 g/mol. The van der Waals surface area contributed by atoms with Crippen molar-refractivity contribution in [2.24, 2.45) is 0 Å². The number of nitrogens with one attached hydrogen (secondary N) is 1. The molecule has 0 amide bonds. The Kier molecular flexibility index (Phi) is 6.34. The van der Waals surface area contributed by atoms with E-state index in [-0.39, 0.29) is 18.3 Å². The van der Waals surface area contributed by atoms with Gasteiger partial charge in [0.05, 0.1) is 11.5 Å². The second kappa shape index (κ2) is 8.47. The maximum atomic E-state index is 11.3. The highest BCUT2D eigenvalue weighted by Gasteiger charge is 2.22. The third-order valence-electron chi connectivity index (χ3n) is 4.06. The van der Waals surface area contributed by atoms with Gasteiger partial charge < -0.3 is 15.2 Å². The van der Waals surface area contributed by atoms with E-state index in [1.165, 1.54) is 30.7 Å². The quantitative estimate of drug-likeness (QED) is 0.563. The molecule has 2 N–H and O–H groups in total. The smallest absolute Gasteiger partial charge is 0.320 e. The molecule has 0 bridgehead atoms. The predicted molar refractivity (Wildman–Crippen MR) is 84.6 cm³/mol. The summed E-state index contributed by atoms with van der Waals surface area (Å²) in [5.74, 6) is -0.375.